The summed E-state index contributed by atoms with van der Waals surface area (Å²) in [5.41, 5.74) is 4.90. The highest BCUT2D eigenvalue weighted by atomic mass is 16.3. The molecule has 0 saturated heterocycles. The second-order valence-electron chi connectivity index (χ2n) is 3.05. The maximum atomic E-state index is 9.29. The Labute approximate surface area is 57.1 Å². The van der Waals surface area contributed by atoms with Crippen LogP contribution in [0.4, 0.5) is 0 Å². The summed E-state index contributed by atoms with van der Waals surface area (Å²) in [6.45, 7) is 5.55. The molecule has 3 N–H and O–H groups in total. The third-order valence-corrected chi connectivity index (χ3v) is 1.51. The first-order chi connectivity index (χ1) is 3.98. The Bertz CT molecular complexity index is 75.5. The molecular weight excluding hydrogens is 114 g/mol. The van der Waals surface area contributed by atoms with Gasteiger partial charge in [0.25, 0.3) is 0 Å². The molecule has 56 valence electrons. The normalized spacial score (nSPS) is 15.7. The number of hydrogen-bond acceptors (Lipinski definition) is 2. The molecule has 0 aliphatic carbocycles. The highest BCUT2D eigenvalue weighted by molar-refractivity contribution is 4.79. The van der Waals surface area contributed by atoms with Crippen molar-refractivity contribution in [2.75, 3.05) is 0 Å². The van der Waals surface area contributed by atoms with Crippen LogP contribution in [0.15, 0.2) is 0 Å². The lowest BCUT2D eigenvalue weighted by Crippen LogP contribution is -2.42. The molecule has 0 fully saturated rings. The average molecular weight is 131 g/mol. The molecule has 0 aromatic heterocycles. The highest BCUT2D eigenvalue weighted by Crippen LogP contribution is 2.10. The predicted octanol–water partition coefficient (Wildman–Crippen LogP) is 0.885. The number of aliphatic hydroxyl groups is 1. The molecule has 0 aliphatic heterocycles. The number of nitrogens with two attached hydrogens (primary N) is 1. The number of hydrogen-bond donors (Lipinski definition) is 2. The molecule has 1 atom stereocenters. The van der Waals surface area contributed by atoms with Gasteiger partial charge in [-0.1, -0.05) is 13.3 Å². The van der Waals surface area contributed by atoms with E-state index in [-0.39, 0.29) is 6.04 Å². The molecule has 2 heteroatoms. The van der Waals surface area contributed by atoms with Crippen molar-refractivity contribution < 1.29 is 5.11 Å². The largest absolute Gasteiger partial charge is 0.389 e. The first-order valence-corrected chi connectivity index (χ1v) is 3.46. The average Bonchev–Trinajstić information content (AvgIpc) is 1.64. The van der Waals surface area contributed by atoms with Gasteiger partial charge in [-0.15, -0.1) is 0 Å². The minimum atomic E-state index is -0.712. The first kappa shape index (κ1) is 8.92. The fraction of sp³-hybridized carbons (Fsp3) is 1.00. The third kappa shape index (κ3) is 3.49. The van der Waals surface area contributed by atoms with Crippen molar-refractivity contribution in [2.45, 2.75) is 45.3 Å². The van der Waals surface area contributed by atoms with E-state index in [1.807, 2.05) is 0 Å². The summed E-state index contributed by atoms with van der Waals surface area (Å²) in [6, 6.07) is -0.0810. The van der Waals surface area contributed by atoms with Gasteiger partial charge in [-0.05, 0) is 20.3 Å². The monoisotopic (exact) mass is 131 g/mol. The van der Waals surface area contributed by atoms with E-state index >= 15 is 0 Å². The van der Waals surface area contributed by atoms with Crippen molar-refractivity contribution in [3.8, 4) is 0 Å². The van der Waals surface area contributed by atoms with Crippen LogP contribution in [0, 0.1) is 0 Å². The Morgan fingerprint density at radius 2 is 2.00 bits per heavy atom. The highest BCUT2D eigenvalue weighted by Gasteiger charge is 2.21. The Balaban J connectivity index is 3.59. The zero-order valence-corrected chi connectivity index (χ0v) is 6.52. The minimum absolute atomic E-state index is 0.0810. The summed E-state index contributed by atoms with van der Waals surface area (Å²) in [4.78, 5) is 0. The van der Waals surface area contributed by atoms with Crippen LogP contribution in [0.25, 0.3) is 0 Å². The fourth-order valence-corrected chi connectivity index (χ4v) is 0.664. The topological polar surface area (TPSA) is 46.2 Å². The van der Waals surface area contributed by atoms with Crippen molar-refractivity contribution in [3.05, 3.63) is 0 Å². The quantitative estimate of drug-likeness (QED) is 0.597. The van der Waals surface area contributed by atoms with Crippen LogP contribution in [0.1, 0.15) is 33.6 Å². The first-order valence-electron chi connectivity index (χ1n) is 3.46. The molecule has 0 aromatic carbocycles. The molecule has 0 bridgehead atoms. The van der Waals surface area contributed by atoms with E-state index in [1.54, 1.807) is 13.8 Å². The van der Waals surface area contributed by atoms with Crippen molar-refractivity contribution >= 4 is 0 Å². The molecule has 0 heterocycles. The summed E-state index contributed by atoms with van der Waals surface area (Å²) >= 11 is 0. The van der Waals surface area contributed by atoms with Crippen molar-refractivity contribution in [2.24, 2.45) is 5.73 Å². The van der Waals surface area contributed by atoms with Crippen molar-refractivity contribution in [3.63, 3.8) is 0 Å². The second-order valence-corrected chi connectivity index (χ2v) is 3.05. The summed E-state index contributed by atoms with van der Waals surface area (Å²) in [6.07, 6.45) is 1.93. The van der Waals surface area contributed by atoms with Gasteiger partial charge in [-0.3, -0.25) is 0 Å². The third-order valence-electron chi connectivity index (χ3n) is 1.51. The maximum absolute atomic E-state index is 9.29. The van der Waals surface area contributed by atoms with Gasteiger partial charge in [0, 0.05) is 6.04 Å². The lowest BCUT2D eigenvalue weighted by Gasteiger charge is -2.24. The van der Waals surface area contributed by atoms with Gasteiger partial charge in [0.05, 0.1) is 5.60 Å². The van der Waals surface area contributed by atoms with E-state index in [2.05, 4.69) is 6.92 Å². The van der Waals surface area contributed by atoms with Gasteiger partial charge in [0.15, 0.2) is 0 Å². The van der Waals surface area contributed by atoms with Gasteiger partial charge in [0.1, 0.15) is 0 Å². The van der Waals surface area contributed by atoms with Crippen molar-refractivity contribution in [1.29, 1.82) is 0 Å². The van der Waals surface area contributed by atoms with E-state index in [0.29, 0.717) is 0 Å². The van der Waals surface area contributed by atoms with Crippen LogP contribution < -0.4 is 5.73 Å². The molecule has 0 aromatic rings. The predicted molar refractivity (Wildman–Crippen MR) is 39.2 cm³/mol. The lowest BCUT2D eigenvalue weighted by atomic mass is 9.96. The molecule has 0 unspecified atom stereocenters. The van der Waals surface area contributed by atoms with Crippen LogP contribution in [0.2, 0.25) is 0 Å². The van der Waals surface area contributed by atoms with Gasteiger partial charge >= 0.3 is 0 Å². The Hall–Kier alpha value is -0.0800. The van der Waals surface area contributed by atoms with Gasteiger partial charge in [-0.25, -0.2) is 0 Å². The SMILES string of the molecule is CCC[C@@H](N)C(C)(C)O. The second kappa shape index (κ2) is 3.18. The van der Waals surface area contributed by atoms with Crippen LogP contribution in [0.3, 0.4) is 0 Å². The summed E-state index contributed by atoms with van der Waals surface area (Å²) in [5.74, 6) is 0. The molecule has 0 saturated carbocycles. The zero-order chi connectivity index (χ0) is 7.49. The van der Waals surface area contributed by atoms with Gasteiger partial charge < -0.3 is 10.8 Å². The molecule has 0 spiro atoms. The summed E-state index contributed by atoms with van der Waals surface area (Å²) < 4.78 is 0. The molecule has 0 rings (SSSR count). The van der Waals surface area contributed by atoms with E-state index in [0.717, 1.165) is 12.8 Å². The summed E-state index contributed by atoms with van der Waals surface area (Å²) in [7, 11) is 0. The van der Waals surface area contributed by atoms with Gasteiger partial charge in [-0.2, -0.15) is 0 Å². The molecule has 0 amide bonds. The summed E-state index contributed by atoms with van der Waals surface area (Å²) in [5, 5.41) is 9.29. The molecule has 0 radical (unpaired) electrons. The van der Waals surface area contributed by atoms with Crippen LogP contribution in [-0.4, -0.2) is 16.7 Å². The Morgan fingerprint density at radius 3 is 2.11 bits per heavy atom. The van der Waals surface area contributed by atoms with Crippen molar-refractivity contribution in [1.82, 2.24) is 0 Å². The molecule has 9 heavy (non-hydrogen) atoms. The standard InChI is InChI=1S/C7H17NO/c1-4-5-6(8)7(2,3)9/h6,9H,4-5,8H2,1-3H3/t6-/m1/s1. The zero-order valence-electron chi connectivity index (χ0n) is 6.52. The molecule has 0 aliphatic rings. The van der Waals surface area contributed by atoms with E-state index in [9.17, 15) is 5.11 Å². The Morgan fingerprint density at radius 1 is 1.56 bits per heavy atom. The smallest absolute Gasteiger partial charge is 0.0741 e. The maximum Gasteiger partial charge on any atom is 0.0741 e. The van der Waals surface area contributed by atoms with Crippen LogP contribution in [-0.2, 0) is 0 Å². The minimum Gasteiger partial charge on any atom is -0.389 e. The number of rotatable bonds is 3. The Kier molecular flexibility index (Phi) is 3.15. The lowest BCUT2D eigenvalue weighted by molar-refractivity contribution is 0.0488. The molecular formula is C7H17NO. The molecule has 2 nitrogen and oxygen atoms in total. The van der Waals surface area contributed by atoms with E-state index in [4.69, 9.17) is 5.73 Å². The van der Waals surface area contributed by atoms with Gasteiger partial charge in [0.2, 0.25) is 0 Å². The van der Waals surface area contributed by atoms with Crippen LogP contribution in [0.5, 0.6) is 0 Å². The van der Waals surface area contributed by atoms with E-state index in [1.165, 1.54) is 0 Å². The van der Waals surface area contributed by atoms with Crippen LogP contribution >= 0.6 is 0 Å². The fourth-order valence-electron chi connectivity index (χ4n) is 0.664. The van der Waals surface area contributed by atoms with E-state index < -0.39 is 5.60 Å².